The molecule has 0 aliphatic rings. The highest BCUT2D eigenvalue weighted by Crippen LogP contribution is 2.14. The molecule has 0 aromatic heterocycles. The van der Waals surface area contributed by atoms with Gasteiger partial charge < -0.3 is 5.11 Å². The lowest BCUT2D eigenvalue weighted by Crippen LogP contribution is -2.29. The van der Waals surface area contributed by atoms with Gasteiger partial charge in [-0.3, -0.25) is 10.2 Å². The Bertz CT molecular complexity index is 263. The SMILES string of the molecule is O=CNNCc1ccccc1O. The zero-order chi connectivity index (χ0) is 8.81. The van der Waals surface area contributed by atoms with Crippen LogP contribution in [-0.4, -0.2) is 11.5 Å². The van der Waals surface area contributed by atoms with Gasteiger partial charge in [0.1, 0.15) is 5.75 Å². The number of phenolic OH excluding ortho intramolecular Hbond substituents is 1. The Hall–Kier alpha value is -1.55. The Morgan fingerprint density at radius 2 is 2.17 bits per heavy atom. The first-order chi connectivity index (χ1) is 5.84. The van der Waals surface area contributed by atoms with Crippen molar-refractivity contribution in [3.63, 3.8) is 0 Å². The number of benzene rings is 1. The summed E-state index contributed by atoms with van der Waals surface area (Å²) in [7, 11) is 0. The molecule has 0 heterocycles. The van der Waals surface area contributed by atoms with Gasteiger partial charge in [0.2, 0.25) is 6.41 Å². The predicted molar refractivity (Wildman–Crippen MR) is 44.1 cm³/mol. The molecular formula is C8H10N2O2. The van der Waals surface area contributed by atoms with Gasteiger partial charge in [0.05, 0.1) is 0 Å². The van der Waals surface area contributed by atoms with Crippen LogP contribution < -0.4 is 10.9 Å². The molecule has 0 unspecified atom stereocenters. The van der Waals surface area contributed by atoms with Crippen LogP contribution in [0.3, 0.4) is 0 Å². The average molecular weight is 166 g/mol. The highest BCUT2D eigenvalue weighted by atomic mass is 16.3. The molecule has 0 fully saturated rings. The van der Waals surface area contributed by atoms with Crippen molar-refractivity contribution in [1.29, 1.82) is 0 Å². The van der Waals surface area contributed by atoms with Gasteiger partial charge >= 0.3 is 0 Å². The number of para-hydroxylation sites is 1. The number of hydrogen-bond donors (Lipinski definition) is 3. The number of carbonyl (C=O) groups is 1. The number of nitrogens with one attached hydrogen (secondary N) is 2. The third-order valence-corrected chi connectivity index (χ3v) is 1.43. The number of hydrazine groups is 1. The lowest BCUT2D eigenvalue weighted by Gasteiger charge is -2.03. The summed E-state index contributed by atoms with van der Waals surface area (Å²) in [5, 5.41) is 9.25. The maximum atomic E-state index is 9.84. The summed E-state index contributed by atoms with van der Waals surface area (Å²) in [4.78, 5) is 9.84. The van der Waals surface area contributed by atoms with Crippen molar-refractivity contribution in [2.75, 3.05) is 0 Å². The fourth-order valence-corrected chi connectivity index (χ4v) is 0.848. The normalized spacial score (nSPS) is 9.33. The molecule has 0 spiro atoms. The Labute approximate surface area is 70.2 Å². The van der Waals surface area contributed by atoms with Crippen LogP contribution in [0.15, 0.2) is 24.3 Å². The maximum Gasteiger partial charge on any atom is 0.221 e. The van der Waals surface area contributed by atoms with E-state index < -0.39 is 0 Å². The second kappa shape index (κ2) is 4.35. The first kappa shape index (κ1) is 8.55. The van der Waals surface area contributed by atoms with Crippen molar-refractivity contribution in [2.24, 2.45) is 0 Å². The Morgan fingerprint density at radius 3 is 2.83 bits per heavy atom. The zero-order valence-corrected chi connectivity index (χ0v) is 6.45. The van der Waals surface area contributed by atoms with Gasteiger partial charge in [-0.1, -0.05) is 18.2 Å². The molecule has 1 rings (SSSR count). The van der Waals surface area contributed by atoms with Crippen LogP contribution in [0.1, 0.15) is 5.56 Å². The molecule has 4 heteroatoms. The Kier molecular flexibility index (Phi) is 3.10. The van der Waals surface area contributed by atoms with Gasteiger partial charge in [0, 0.05) is 12.1 Å². The van der Waals surface area contributed by atoms with Crippen molar-refractivity contribution in [3.8, 4) is 5.75 Å². The topological polar surface area (TPSA) is 61.4 Å². The number of hydrogen-bond acceptors (Lipinski definition) is 3. The van der Waals surface area contributed by atoms with E-state index in [0.717, 1.165) is 5.56 Å². The lowest BCUT2D eigenvalue weighted by molar-refractivity contribution is -0.110. The highest BCUT2D eigenvalue weighted by molar-refractivity contribution is 5.45. The first-order valence-electron chi connectivity index (χ1n) is 3.53. The molecule has 1 aromatic rings. The van der Waals surface area contributed by atoms with Gasteiger partial charge in [-0.15, -0.1) is 0 Å². The fraction of sp³-hybridized carbons (Fsp3) is 0.125. The molecule has 1 aromatic carbocycles. The third kappa shape index (κ3) is 2.25. The summed E-state index contributed by atoms with van der Waals surface area (Å²) in [5.41, 5.74) is 5.64. The van der Waals surface area contributed by atoms with E-state index in [1.54, 1.807) is 18.2 Å². The van der Waals surface area contributed by atoms with Crippen molar-refractivity contribution < 1.29 is 9.90 Å². The number of amides is 1. The largest absolute Gasteiger partial charge is 0.508 e. The third-order valence-electron chi connectivity index (χ3n) is 1.43. The highest BCUT2D eigenvalue weighted by Gasteiger charge is 1.96. The predicted octanol–water partition coefficient (Wildman–Crippen LogP) is 0.143. The van der Waals surface area contributed by atoms with E-state index in [2.05, 4.69) is 10.9 Å². The monoisotopic (exact) mass is 166 g/mol. The van der Waals surface area contributed by atoms with Crippen molar-refractivity contribution in [2.45, 2.75) is 6.54 Å². The van der Waals surface area contributed by atoms with E-state index in [4.69, 9.17) is 0 Å². The van der Waals surface area contributed by atoms with E-state index in [0.29, 0.717) is 13.0 Å². The van der Waals surface area contributed by atoms with Crippen LogP contribution in [0, 0.1) is 0 Å². The van der Waals surface area contributed by atoms with Crippen LogP contribution in [0.4, 0.5) is 0 Å². The van der Waals surface area contributed by atoms with Crippen molar-refractivity contribution in [1.82, 2.24) is 10.9 Å². The second-order valence-corrected chi connectivity index (χ2v) is 2.24. The van der Waals surface area contributed by atoms with Gasteiger partial charge in [0.25, 0.3) is 0 Å². The van der Waals surface area contributed by atoms with Crippen LogP contribution in [0.25, 0.3) is 0 Å². The van der Waals surface area contributed by atoms with E-state index in [1.807, 2.05) is 6.07 Å². The summed E-state index contributed by atoms with van der Waals surface area (Å²) in [5.74, 6) is 0.220. The molecule has 4 nitrogen and oxygen atoms in total. The summed E-state index contributed by atoms with van der Waals surface area (Å²) >= 11 is 0. The van der Waals surface area contributed by atoms with Gasteiger partial charge in [-0.2, -0.15) is 0 Å². The molecule has 64 valence electrons. The van der Waals surface area contributed by atoms with Crippen LogP contribution >= 0.6 is 0 Å². The first-order valence-corrected chi connectivity index (χ1v) is 3.53. The van der Waals surface area contributed by atoms with Crippen molar-refractivity contribution >= 4 is 6.41 Å². The molecule has 1 amide bonds. The number of phenols is 1. The molecule has 0 radical (unpaired) electrons. The minimum atomic E-state index is 0.220. The standard InChI is InChI=1S/C8H10N2O2/c11-6-10-9-5-7-3-1-2-4-8(7)12/h1-4,6,9,12H,5H2,(H,10,11). The van der Waals surface area contributed by atoms with Gasteiger partial charge in [-0.05, 0) is 6.07 Å². The Morgan fingerprint density at radius 1 is 1.42 bits per heavy atom. The summed E-state index contributed by atoms with van der Waals surface area (Å²) in [6.07, 6.45) is 0.542. The fourth-order valence-electron chi connectivity index (χ4n) is 0.848. The van der Waals surface area contributed by atoms with E-state index in [1.165, 1.54) is 0 Å². The maximum absolute atomic E-state index is 9.84. The molecule has 0 bridgehead atoms. The summed E-state index contributed by atoms with van der Waals surface area (Å²) < 4.78 is 0. The number of rotatable bonds is 4. The smallest absolute Gasteiger partial charge is 0.221 e. The Balaban J connectivity index is 2.51. The van der Waals surface area contributed by atoms with Crippen LogP contribution in [0.2, 0.25) is 0 Å². The summed E-state index contributed by atoms with van der Waals surface area (Å²) in [6.45, 7) is 0.408. The lowest BCUT2D eigenvalue weighted by atomic mass is 10.2. The molecule has 0 aliphatic heterocycles. The molecular weight excluding hydrogens is 156 g/mol. The van der Waals surface area contributed by atoms with Gasteiger partial charge in [0.15, 0.2) is 0 Å². The van der Waals surface area contributed by atoms with E-state index in [9.17, 15) is 9.90 Å². The number of aromatic hydroxyl groups is 1. The van der Waals surface area contributed by atoms with Crippen LogP contribution in [-0.2, 0) is 11.3 Å². The quantitative estimate of drug-likeness (QED) is 0.339. The van der Waals surface area contributed by atoms with E-state index >= 15 is 0 Å². The molecule has 0 atom stereocenters. The summed E-state index contributed by atoms with van der Waals surface area (Å²) in [6, 6.07) is 6.93. The molecule has 0 saturated heterocycles. The second-order valence-electron chi connectivity index (χ2n) is 2.24. The minimum Gasteiger partial charge on any atom is -0.508 e. The molecule has 3 N–H and O–H groups in total. The number of carbonyl (C=O) groups excluding carboxylic acids is 1. The average Bonchev–Trinajstić information content (AvgIpc) is 2.09. The van der Waals surface area contributed by atoms with Gasteiger partial charge in [-0.25, -0.2) is 5.43 Å². The molecule has 0 aliphatic carbocycles. The zero-order valence-electron chi connectivity index (χ0n) is 6.45. The molecule has 0 saturated carbocycles. The minimum absolute atomic E-state index is 0.220. The van der Waals surface area contributed by atoms with Crippen LogP contribution in [0.5, 0.6) is 5.75 Å². The van der Waals surface area contributed by atoms with E-state index in [-0.39, 0.29) is 5.75 Å². The molecule has 12 heavy (non-hydrogen) atoms. The van der Waals surface area contributed by atoms with Crippen molar-refractivity contribution in [3.05, 3.63) is 29.8 Å².